The van der Waals surface area contributed by atoms with Crippen molar-refractivity contribution in [2.45, 2.75) is 0 Å². The third kappa shape index (κ3) is 4.81. The number of halogens is 1. The van der Waals surface area contributed by atoms with Gasteiger partial charge in [0, 0.05) is 17.2 Å². The molecule has 126 valence electrons. The zero-order chi connectivity index (χ0) is 17.5. The van der Waals surface area contributed by atoms with Crippen molar-refractivity contribution >= 4 is 33.4 Å². The Morgan fingerprint density at radius 1 is 1.12 bits per heavy atom. The minimum Gasteiger partial charge on any atom is -0.483 e. The van der Waals surface area contributed by atoms with E-state index in [9.17, 15) is 9.59 Å². The van der Waals surface area contributed by atoms with Gasteiger partial charge in [-0.2, -0.15) is 0 Å². The minimum absolute atomic E-state index is 0.211. The lowest BCUT2D eigenvalue weighted by molar-refractivity contribution is -0.118. The van der Waals surface area contributed by atoms with Crippen LogP contribution in [0.2, 0.25) is 0 Å². The van der Waals surface area contributed by atoms with E-state index in [4.69, 9.17) is 9.57 Å². The van der Waals surface area contributed by atoms with Crippen LogP contribution in [0.15, 0.2) is 53.0 Å². The van der Waals surface area contributed by atoms with E-state index in [0.717, 1.165) is 9.54 Å². The van der Waals surface area contributed by atoms with Gasteiger partial charge in [-0.05, 0) is 36.4 Å². The SMILES string of the molecule is CON(C)C(=O)c1ccccc1OCC(=O)Nc1ccc(Br)cc1. The molecule has 2 aromatic rings. The molecular formula is C17H17BrN2O4. The molecule has 0 radical (unpaired) electrons. The highest BCUT2D eigenvalue weighted by Crippen LogP contribution is 2.20. The third-order valence-electron chi connectivity index (χ3n) is 3.16. The number of hydroxylamine groups is 2. The van der Waals surface area contributed by atoms with Crippen LogP contribution in [0.1, 0.15) is 10.4 Å². The fraction of sp³-hybridized carbons (Fsp3) is 0.176. The Hall–Kier alpha value is -2.38. The van der Waals surface area contributed by atoms with Crippen molar-refractivity contribution in [2.24, 2.45) is 0 Å². The molecule has 0 unspecified atom stereocenters. The monoisotopic (exact) mass is 392 g/mol. The quantitative estimate of drug-likeness (QED) is 0.766. The standard InChI is InChI=1S/C17H17BrN2O4/c1-20(23-2)17(22)14-5-3-4-6-15(14)24-11-16(21)19-13-9-7-12(18)8-10-13/h3-10H,11H2,1-2H3,(H,19,21). The first-order valence-electron chi connectivity index (χ1n) is 7.10. The Balaban J connectivity index is 2.00. The molecular weight excluding hydrogens is 376 g/mol. The van der Waals surface area contributed by atoms with Gasteiger partial charge < -0.3 is 10.1 Å². The van der Waals surface area contributed by atoms with Gasteiger partial charge in [-0.15, -0.1) is 0 Å². The van der Waals surface area contributed by atoms with Crippen LogP contribution >= 0.6 is 15.9 Å². The first-order valence-corrected chi connectivity index (χ1v) is 7.90. The second kappa shape index (κ2) is 8.47. The van der Waals surface area contributed by atoms with E-state index in [1.807, 2.05) is 12.1 Å². The number of nitrogens with one attached hydrogen (secondary N) is 1. The van der Waals surface area contributed by atoms with Crippen LogP contribution in [0.5, 0.6) is 5.75 Å². The van der Waals surface area contributed by atoms with Crippen molar-refractivity contribution in [2.75, 3.05) is 26.1 Å². The van der Waals surface area contributed by atoms with Crippen LogP contribution in [0.4, 0.5) is 5.69 Å². The molecule has 0 atom stereocenters. The maximum Gasteiger partial charge on any atom is 0.280 e. The fourth-order valence-electron chi connectivity index (χ4n) is 1.90. The Kier molecular flexibility index (Phi) is 6.34. The summed E-state index contributed by atoms with van der Waals surface area (Å²) in [5, 5.41) is 3.80. The topological polar surface area (TPSA) is 67.9 Å². The summed E-state index contributed by atoms with van der Waals surface area (Å²) < 4.78 is 6.41. The van der Waals surface area contributed by atoms with Crippen molar-refractivity contribution in [3.8, 4) is 5.75 Å². The lowest BCUT2D eigenvalue weighted by atomic mass is 10.2. The van der Waals surface area contributed by atoms with Gasteiger partial charge in [-0.1, -0.05) is 28.1 Å². The second-order valence-electron chi connectivity index (χ2n) is 4.83. The number of carbonyl (C=O) groups is 2. The molecule has 6 nitrogen and oxygen atoms in total. The summed E-state index contributed by atoms with van der Waals surface area (Å²) in [7, 11) is 2.90. The number of hydrogen-bond donors (Lipinski definition) is 1. The molecule has 0 aliphatic heterocycles. The molecule has 0 aromatic heterocycles. The fourth-order valence-corrected chi connectivity index (χ4v) is 2.16. The molecule has 2 rings (SSSR count). The number of rotatable bonds is 6. The number of benzene rings is 2. The normalized spacial score (nSPS) is 10.1. The number of carbonyl (C=O) groups excluding carboxylic acids is 2. The third-order valence-corrected chi connectivity index (χ3v) is 3.69. The summed E-state index contributed by atoms with van der Waals surface area (Å²) in [5.41, 5.74) is 0.980. The van der Waals surface area contributed by atoms with Crippen LogP contribution in [0.3, 0.4) is 0 Å². The summed E-state index contributed by atoms with van der Waals surface area (Å²) >= 11 is 3.33. The van der Waals surface area contributed by atoms with E-state index in [0.29, 0.717) is 17.0 Å². The highest BCUT2D eigenvalue weighted by molar-refractivity contribution is 9.10. The number of anilines is 1. The molecule has 0 spiro atoms. The summed E-state index contributed by atoms with van der Waals surface area (Å²) in [6.45, 7) is -0.211. The highest BCUT2D eigenvalue weighted by Gasteiger charge is 2.17. The molecule has 2 aromatic carbocycles. The number of amides is 2. The van der Waals surface area contributed by atoms with Crippen molar-refractivity contribution in [3.05, 3.63) is 58.6 Å². The van der Waals surface area contributed by atoms with E-state index in [1.54, 1.807) is 36.4 Å². The average Bonchev–Trinajstić information content (AvgIpc) is 2.61. The number of para-hydroxylation sites is 1. The molecule has 1 N–H and O–H groups in total. The lowest BCUT2D eigenvalue weighted by Crippen LogP contribution is -2.26. The first-order chi connectivity index (χ1) is 11.5. The summed E-state index contributed by atoms with van der Waals surface area (Å²) in [5.74, 6) is -0.363. The van der Waals surface area contributed by atoms with Gasteiger partial charge in [-0.25, -0.2) is 5.06 Å². The second-order valence-corrected chi connectivity index (χ2v) is 5.74. The van der Waals surface area contributed by atoms with Gasteiger partial charge in [0.2, 0.25) is 0 Å². The Labute approximate surface area is 148 Å². The summed E-state index contributed by atoms with van der Waals surface area (Å²) in [6.07, 6.45) is 0. The van der Waals surface area contributed by atoms with Crippen LogP contribution < -0.4 is 10.1 Å². The van der Waals surface area contributed by atoms with Gasteiger partial charge >= 0.3 is 0 Å². The number of nitrogens with zero attached hydrogens (tertiary/aromatic N) is 1. The van der Waals surface area contributed by atoms with E-state index >= 15 is 0 Å². The highest BCUT2D eigenvalue weighted by atomic mass is 79.9. The number of ether oxygens (including phenoxy) is 1. The molecule has 7 heteroatoms. The molecule has 0 fully saturated rings. The molecule has 2 amide bonds. The Morgan fingerprint density at radius 3 is 2.46 bits per heavy atom. The van der Waals surface area contributed by atoms with Crippen LogP contribution in [0.25, 0.3) is 0 Å². The van der Waals surface area contributed by atoms with E-state index in [1.165, 1.54) is 14.2 Å². The van der Waals surface area contributed by atoms with Gasteiger partial charge in [0.1, 0.15) is 5.75 Å². The smallest absolute Gasteiger partial charge is 0.280 e. The average molecular weight is 393 g/mol. The Morgan fingerprint density at radius 2 is 1.79 bits per heavy atom. The summed E-state index contributed by atoms with van der Waals surface area (Å²) in [4.78, 5) is 29.0. The van der Waals surface area contributed by atoms with Crippen molar-refractivity contribution in [1.29, 1.82) is 0 Å². The zero-order valence-corrected chi connectivity index (χ0v) is 14.9. The molecule has 0 saturated heterocycles. The predicted molar refractivity (Wildman–Crippen MR) is 93.8 cm³/mol. The molecule has 0 aliphatic carbocycles. The van der Waals surface area contributed by atoms with Crippen molar-refractivity contribution < 1.29 is 19.2 Å². The van der Waals surface area contributed by atoms with E-state index in [-0.39, 0.29) is 18.4 Å². The Bertz CT molecular complexity index is 719. The number of hydrogen-bond acceptors (Lipinski definition) is 4. The molecule has 24 heavy (non-hydrogen) atoms. The maximum absolute atomic E-state index is 12.2. The van der Waals surface area contributed by atoms with E-state index < -0.39 is 0 Å². The van der Waals surface area contributed by atoms with Gasteiger partial charge in [0.05, 0.1) is 12.7 Å². The van der Waals surface area contributed by atoms with Gasteiger partial charge in [-0.3, -0.25) is 14.4 Å². The molecule has 0 heterocycles. The first kappa shape index (κ1) is 18.0. The van der Waals surface area contributed by atoms with Crippen LogP contribution in [-0.4, -0.2) is 37.6 Å². The maximum atomic E-state index is 12.2. The van der Waals surface area contributed by atoms with Crippen molar-refractivity contribution in [1.82, 2.24) is 5.06 Å². The largest absolute Gasteiger partial charge is 0.483 e. The zero-order valence-electron chi connectivity index (χ0n) is 13.3. The molecule has 0 aliphatic rings. The van der Waals surface area contributed by atoms with E-state index in [2.05, 4.69) is 21.2 Å². The summed E-state index contributed by atoms with van der Waals surface area (Å²) in [6, 6.07) is 13.9. The van der Waals surface area contributed by atoms with Gasteiger partial charge in [0.15, 0.2) is 6.61 Å². The van der Waals surface area contributed by atoms with Gasteiger partial charge in [0.25, 0.3) is 11.8 Å². The van der Waals surface area contributed by atoms with Crippen molar-refractivity contribution in [3.63, 3.8) is 0 Å². The minimum atomic E-state index is -0.360. The molecule has 0 bridgehead atoms. The van der Waals surface area contributed by atoms with Crippen LogP contribution in [-0.2, 0) is 9.63 Å². The molecule has 0 saturated carbocycles. The van der Waals surface area contributed by atoms with Crippen LogP contribution in [0, 0.1) is 0 Å². The lowest BCUT2D eigenvalue weighted by Gasteiger charge is -2.16. The predicted octanol–water partition coefficient (Wildman–Crippen LogP) is 3.10.